The zero-order valence-corrected chi connectivity index (χ0v) is 14.2. The summed E-state index contributed by atoms with van der Waals surface area (Å²) in [6.45, 7) is 0. The van der Waals surface area contributed by atoms with Gasteiger partial charge in [-0.25, -0.2) is 9.59 Å². The van der Waals surface area contributed by atoms with Gasteiger partial charge in [0.25, 0.3) is 5.69 Å². The Morgan fingerprint density at radius 3 is 2.56 bits per heavy atom. The number of carbonyl (C=O) groups is 2. The molecule has 0 unspecified atom stereocenters. The fourth-order valence-electron chi connectivity index (χ4n) is 1.97. The van der Waals surface area contributed by atoms with Crippen LogP contribution in [0.2, 0.25) is 0 Å². The third kappa shape index (κ3) is 4.42. The number of carbonyl (C=O) groups excluding carboxylic acids is 2. The molecule has 1 N–H and O–H groups in total. The summed E-state index contributed by atoms with van der Waals surface area (Å²) in [7, 11) is 2.28. The molecule has 130 valence electrons. The lowest BCUT2D eigenvalue weighted by atomic mass is 10.1. The van der Waals surface area contributed by atoms with E-state index in [1.165, 1.54) is 23.5 Å². The predicted molar refractivity (Wildman–Crippen MR) is 92.1 cm³/mol. The number of ether oxygens (including phenoxy) is 2. The zero-order chi connectivity index (χ0) is 18.4. The average molecular weight is 362 g/mol. The minimum Gasteiger partial charge on any atom is -0.466 e. The van der Waals surface area contributed by atoms with Gasteiger partial charge >= 0.3 is 11.9 Å². The first-order valence-electron chi connectivity index (χ1n) is 6.93. The summed E-state index contributed by atoms with van der Waals surface area (Å²) >= 11 is 1.46. The standard InChI is InChI=1S/C16H14N2O6S/c1-23-15(19)9-12(16(20)24-2)17-11-8-10(14-4-3-7-25-14)5-6-13(11)18(21)22/h3-9,17H,1-2H3/b12-9+. The van der Waals surface area contributed by atoms with E-state index in [9.17, 15) is 19.7 Å². The van der Waals surface area contributed by atoms with Gasteiger partial charge in [0, 0.05) is 10.9 Å². The maximum Gasteiger partial charge on any atom is 0.354 e. The van der Waals surface area contributed by atoms with E-state index in [1.54, 1.807) is 6.07 Å². The molecule has 0 atom stereocenters. The molecule has 1 aromatic heterocycles. The molecule has 0 fully saturated rings. The van der Waals surface area contributed by atoms with Gasteiger partial charge in [0.05, 0.1) is 25.2 Å². The van der Waals surface area contributed by atoms with E-state index in [2.05, 4.69) is 14.8 Å². The van der Waals surface area contributed by atoms with Crippen molar-refractivity contribution < 1.29 is 24.0 Å². The Kier molecular flexibility index (Phi) is 5.85. The van der Waals surface area contributed by atoms with Crippen LogP contribution in [0, 0.1) is 10.1 Å². The summed E-state index contributed by atoms with van der Waals surface area (Å²) in [5.41, 5.74) is 0.252. The van der Waals surface area contributed by atoms with Crippen LogP contribution in [0.3, 0.4) is 0 Å². The van der Waals surface area contributed by atoms with Gasteiger partial charge in [-0.2, -0.15) is 0 Å². The van der Waals surface area contributed by atoms with E-state index in [1.807, 2.05) is 17.5 Å². The topological polar surface area (TPSA) is 108 Å². The van der Waals surface area contributed by atoms with E-state index < -0.39 is 16.9 Å². The second-order valence-corrected chi connectivity index (χ2v) is 5.61. The number of nitro benzene ring substituents is 1. The van der Waals surface area contributed by atoms with E-state index in [4.69, 9.17) is 0 Å². The van der Waals surface area contributed by atoms with Crippen molar-refractivity contribution in [3.8, 4) is 10.4 Å². The summed E-state index contributed by atoms with van der Waals surface area (Å²) in [4.78, 5) is 34.8. The predicted octanol–water partition coefficient (Wildman–Crippen LogP) is 2.97. The SMILES string of the molecule is COC(=O)/C=C(/Nc1cc(-c2cccs2)ccc1[N+](=O)[O-])C(=O)OC. The van der Waals surface area contributed by atoms with Gasteiger partial charge in [-0.15, -0.1) is 11.3 Å². The number of rotatable bonds is 6. The van der Waals surface area contributed by atoms with Crippen molar-refractivity contribution in [3.63, 3.8) is 0 Å². The van der Waals surface area contributed by atoms with E-state index >= 15 is 0 Å². The van der Waals surface area contributed by atoms with Crippen LogP contribution < -0.4 is 5.32 Å². The molecule has 9 heteroatoms. The van der Waals surface area contributed by atoms with Crippen molar-refractivity contribution in [2.75, 3.05) is 19.5 Å². The maximum atomic E-state index is 11.8. The first-order valence-corrected chi connectivity index (χ1v) is 7.81. The monoisotopic (exact) mass is 362 g/mol. The number of hydrogen-bond donors (Lipinski definition) is 1. The van der Waals surface area contributed by atoms with Crippen LogP contribution in [0.1, 0.15) is 0 Å². The molecule has 0 spiro atoms. The van der Waals surface area contributed by atoms with E-state index in [0.29, 0.717) is 0 Å². The van der Waals surface area contributed by atoms with Crippen molar-refractivity contribution >= 4 is 34.7 Å². The Bertz CT molecular complexity index is 829. The second-order valence-electron chi connectivity index (χ2n) is 4.66. The Labute approximate surface area is 146 Å². The summed E-state index contributed by atoms with van der Waals surface area (Å²) in [5.74, 6) is -1.66. The van der Waals surface area contributed by atoms with Gasteiger partial charge in [0.1, 0.15) is 11.4 Å². The molecule has 0 saturated carbocycles. The average Bonchev–Trinajstić information content (AvgIpc) is 3.14. The van der Waals surface area contributed by atoms with Gasteiger partial charge < -0.3 is 14.8 Å². The Morgan fingerprint density at radius 2 is 2.00 bits per heavy atom. The van der Waals surface area contributed by atoms with Crippen LogP contribution in [0.5, 0.6) is 0 Å². The number of methoxy groups -OCH3 is 2. The van der Waals surface area contributed by atoms with Crippen molar-refractivity contribution in [1.82, 2.24) is 0 Å². The first kappa shape index (κ1) is 18.1. The molecule has 0 amide bonds. The van der Waals surface area contributed by atoms with Crippen molar-refractivity contribution in [1.29, 1.82) is 0 Å². The molecule has 0 aliphatic rings. The number of anilines is 1. The van der Waals surface area contributed by atoms with Crippen LogP contribution in [0.4, 0.5) is 11.4 Å². The third-order valence-corrected chi connectivity index (χ3v) is 4.06. The molecule has 1 heterocycles. The lowest BCUT2D eigenvalue weighted by Gasteiger charge is -2.10. The molecule has 0 radical (unpaired) electrons. The number of esters is 2. The van der Waals surface area contributed by atoms with Crippen LogP contribution in [-0.4, -0.2) is 31.1 Å². The molecular formula is C16H14N2O6S. The Hall–Kier alpha value is -3.20. The molecule has 0 saturated heterocycles. The Morgan fingerprint density at radius 1 is 1.24 bits per heavy atom. The largest absolute Gasteiger partial charge is 0.466 e. The lowest BCUT2D eigenvalue weighted by Crippen LogP contribution is -2.16. The molecule has 1 aromatic carbocycles. The van der Waals surface area contributed by atoms with Crippen LogP contribution in [-0.2, 0) is 19.1 Å². The van der Waals surface area contributed by atoms with Gasteiger partial charge in [-0.05, 0) is 29.1 Å². The van der Waals surface area contributed by atoms with Crippen LogP contribution in [0.25, 0.3) is 10.4 Å². The minimum atomic E-state index is -0.860. The highest BCUT2D eigenvalue weighted by Gasteiger charge is 2.20. The lowest BCUT2D eigenvalue weighted by molar-refractivity contribution is -0.383. The number of hydrogen-bond acceptors (Lipinski definition) is 8. The summed E-state index contributed by atoms with van der Waals surface area (Å²) < 4.78 is 9.07. The van der Waals surface area contributed by atoms with E-state index in [-0.39, 0.29) is 17.1 Å². The molecule has 2 rings (SSSR count). The molecule has 8 nitrogen and oxygen atoms in total. The quantitative estimate of drug-likeness (QED) is 0.364. The van der Waals surface area contributed by atoms with Gasteiger partial charge in [0.2, 0.25) is 0 Å². The fraction of sp³-hybridized carbons (Fsp3) is 0.125. The number of benzene rings is 1. The third-order valence-electron chi connectivity index (χ3n) is 3.14. The first-order chi connectivity index (χ1) is 12.0. The van der Waals surface area contributed by atoms with Gasteiger partial charge in [-0.3, -0.25) is 10.1 Å². The number of nitrogens with one attached hydrogen (secondary N) is 1. The fourth-order valence-corrected chi connectivity index (χ4v) is 2.69. The zero-order valence-electron chi connectivity index (χ0n) is 13.3. The van der Waals surface area contributed by atoms with Crippen molar-refractivity contribution in [2.24, 2.45) is 0 Å². The van der Waals surface area contributed by atoms with Crippen LogP contribution in [0.15, 0.2) is 47.5 Å². The number of thiophene rings is 1. The Balaban J connectivity index is 2.48. The molecular weight excluding hydrogens is 348 g/mol. The molecule has 2 aromatic rings. The normalized spacial score (nSPS) is 10.9. The molecule has 0 aliphatic heterocycles. The minimum absolute atomic E-state index is 0.0523. The van der Waals surface area contributed by atoms with Crippen molar-refractivity contribution in [3.05, 3.63) is 57.6 Å². The number of nitrogens with zero attached hydrogens (tertiary/aromatic N) is 1. The van der Waals surface area contributed by atoms with Gasteiger partial charge in [-0.1, -0.05) is 6.07 Å². The summed E-state index contributed by atoms with van der Waals surface area (Å²) in [6.07, 6.45) is 0.868. The second kappa shape index (κ2) is 8.06. The van der Waals surface area contributed by atoms with E-state index in [0.717, 1.165) is 30.7 Å². The summed E-state index contributed by atoms with van der Waals surface area (Å²) in [5, 5.41) is 15.7. The van der Waals surface area contributed by atoms with Gasteiger partial charge in [0.15, 0.2) is 0 Å². The molecule has 0 aliphatic carbocycles. The summed E-state index contributed by atoms with van der Waals surface area (Å²) in [6, 6.07) is 8.17. The molecule has 25 heavy (non-hydrogen) atoms. The highest BCUT2D eigenvalue weighted by atomic mass is 32.1. The highest BCUT2D eigenvalue weighted by molar-refractivity contribution is 7.13. The van der Waals surface area contributed by atoms with Crippen LogP contribution >= 0.6 is 11.3 Å². The number of nitro groups is 1. The smallest absolute Gasteiger partial charge is 0.354 e. The molecule has 0 bridgehead atoms. The maximum absolute atomic E-state index is 11.8. The highest BCUT2D eigenvalue weighted by Crippen LogP contribution is 2.33. The van der Waals surface area contributed by atoms with Crippen molar-refractivity contribution in [2.45, 2.75) is 0 Å².